The Morgan fingerprint density at radius 2 is 1.73 bits per heavy atom. The normalized spacial score (nSPS) is 10.3. The van der Waals surface area contributed by atoms with Gasteiger partial charge in [0.05, 0.1) is 0 Å². The number of nitrogens with one attached hydrogen (secondary N) is 2. The molecule has 26 heavy (non-hydrogen) atoms. The van der Waals surface area contributed by atoms with Crippen LogP contribution in [0, 0.1) is 0 Å². The van der Waals surface area contributed by atoms with E-state index in [2.05, 4.69) is 27.8 Å². The summed E-state index contributed by atoms with van der Waals surface area (Å²) >= 11 is 1.28. The molecule has 0 saturated carbocycles. The number of aryl methyl sites for hydroxylation is 1. The number of hydrogen-bond acceptors (Lipinski definition) is 4. The predicted octanol–water partition coefficient (Wildman–Crippen LogP) is 4.36. The van der Waals surface area contributed by atoms with Gasteiger partial charge in [-0.2, -0.15) is 0 Å². The molecule has 0 unspecified atom stereocenters. The number of carbonyl (C=O) groups is 2. The highest BCUT2D eigenvalue weighted by Gasteiger charge is 2.09. The highest BCUT2D eigenvalue weighted by atomic mass is 32.1. The van der Waals surface area contributed by atoms with Gasteiger partial charge in [0.25, 0.3) is 5.91 Å². The maximum Gasteiger partial charge on any atom is 0.284 e. The van der Waals surface area contributed by atoms with Crippen LogP contribution in [-0.2, 0) is 11.2 Å². The van der Waals surface area contributed by atoms with E-state index in [4.69, 9.17) is 0 Å². The topological polar surface area (TPSA) is 71.1 Å². The van der Waals surface area contributed by atoms with Crippen LogP contribution in [0.3, 0.4) is 0 Å². The molecule has 0 bridgehead atoms. The summed E-state index contributed by atoms with van der Waals surface area (Å²) in [6.45, 7) is 0. The van der Waals surface area contributed by atoms with Gasteiger partial charge in [-0.05, 0) is 36.6 Å². The van der Waals surface area contributed by atoms with Gasteiger partial charge in [-0.25, -0.2) is 4.98 Å². The van der Waals surface area contributed by atoms with Crippen molar-refractivity contribution in [2.75, 3.05) is 10.6 Å². The average Bonchev–Trinajstić information content (AvgIpc) is 3.18. The molecule has 2 aromatic carbocycles. The molecular weight excluding hydrogens is 346 g/mol. The van der Waals surface area contributed by atoms with Crippen LogP contribution < -0.4 is 10.6 Å². The quantitative estimate of drug-likeness (QED) is 0.654. The minimum Gasteiger partial charge on any atom is -0.326 e. The van der Waals surface area contributed by atoms with Crippen LogP contribution in [0.5, 0.6) is 0 Å². The van der Waals surface area contributed by atoms with Crippen LogP contribution in [0.2, 0.25) is 0 Å². The molecule has 3 aromatic rings. The lowest BCUT2D eigenvalue weighted by Gasteiger charge is -2.08. The number of hydrogen-bond donors (Lipinski definition) is 2. The number of carbonyl (C=O) groups excluding carboxylic acids is 2. The first-order valence-electron chi connectivity index (χ1n) is 8.35. The fourth-order valence-corrected chi connectivity index (χ4v) is 3.05. The van der Waals surface area contributed by atoms with Gasteiger partial charge in [0.2, 0.25) is 5.91 Å². The predicted molar refractivity (Wildman–Crippen MR) is 105 cm³/mol. The third-order valence-electron chi connectivity index (χ3n) is 3.74. The molecule has 3 rings (SSSR count). The molecule has 0 aliphatic heterocycles. The molecule has 0 saturated heterocycles. The molecule has 0 spiro atoms. The van der Waals surface area contributed by atoms with Crippen molar-refractivity contribution >= 4 is 34.5 Å². The van der Waals surface area contributed by atoms with Crippen LogP contribution in [0.15, 0.2) is 66.2 Å². The van der Waals surface area contributed by atoms with Crippen LogP contribution in [-0.4, -0.2) is 16.8 Å². The third-order valence-corrected chi connectivity index (χ3v) is 4.51. The van der Waals surface area contributed by atoms with E-state index in [9.17, 15) is 9.59 Å². The Kier molecular flexibility index (Phi) is 6.11. The van der Waals surface area contributed by atoms with Gasteiger partial charge >= 0.3 is 0 Å². The second-order valence-electron chi connectivity index (χ2n) is 5.76. The van der Waals surface area contributed by atoms with Crippen molar-refractivity contribution < 1.29 is 9.59 Å². The highest BCUT2D eigenvalue weighted by Crippen LogP contribution is 2.17. The van der Waals surface area contributed by atoms with Crippen molar-refractivity contribution in [2.45, 2.75) is 19.3 Å². The maximum atomic E-state index is 12.1. The number of aromatic nitrogens is 1. The molecule has 6 heteroatoms. The Morgan fingerprint density at radius 3 is 2.46 bits per heavy atom. The van der Waals surface area contributed by atoms with Gasteiger partial charge in [-0.1, -0.05) is 36.4 Å². The van der Waals surface area contributed by atoms with Gasteiger partial charge in [0.15, 0.2) is 5.01 Å². The van der Waals surface area contributed by atoms with Gasteiger partial charge in [0.1, 0.15) is 0 Å². The van der Waals surface area contributed by atoms with E-state index in [1.54, 1.807) is 35.8 Å². The summed E-state index contributed by atoms with van der Waals surface area (Å²) in [5, 5.41) is 7.81. The largest absolute Gasteiger partial charge is 0.326 e. The number of thiazole rings is 1. The number of rotatable bonds is 7. The number of amides is 2. The first kappa shape index (κ1) is 17.8. The molecule has 1 aromatic heterocycles. The fourth-order valence-electron chi connectivity index (χ4n) is 2.52. The molecule has 0 fully saturated rings. The Morgan fingerprint density at radius 1 is 0.962 bits per heavy atom. The van der Waals surface area contributed by atoms with E-state index >= 15 is 0 Å². The van der Waals surface area contributed by atoms with Crippen molar-refractivity contribution in [1.82, 2.24) is 4.98 Å². The molecule has 0 aliphatic rings. The zero-order valence-electron chi connectivity index (χ0n) is 14.1. The second kappa shape index (κ2) is 8.92. The summed E-state index contributed by atoms with van der Waals surface area (Å²) in [5.41, 5.74) is 2.51. The Hall–Kier alpha value is -2.99. The molecular formula is C20H19N3O2S. The maximum absolute atomic E-state index is 12.1. The molecule has 2 amide bonds. The molecule has 0 aliphatic carbocycles. The summed E-state index contributed by atoms with van der Waals surface area (Å²) < 4.78 is 0. The lowest BCUT2D eigenvalue weighted by molar-refractivity contribution is -0.116. The van der Waals surface area contributed by atoms with E-state index in [0.717, 1.165) is 12.8 Å². The van der Waals surface area contributed by atoms with Crippen molar-refractivity contribution in [3.8, 4) is 0 Å². The molecule has 132 valence electrons. The monoisotopic (exact) mass is 365 g/mol. The number of nitrogens with zero attached hydrogens (tertiary/aromatic N) is 1. The standard InChI is InChI=1S/C20H19N3O2S/c24-18(11-4-8-15-6-2-1-3-7-15)22-16-9-5-10-17(14-16)23-19(25)20-21-12-13-26-20/h1-3,5-7,9-10,12-14H,4,8,11H2,(H,22,24)(H,23,25). The Balaban J connectivity index is 1.50. The summed E-state index contributed by atoms with van der Waals surface area (Å²) in [6.07, 6.45) is 3.70. The van der Waals surface area contributed by atoms with E-state index in [0.29, 0.717) is 22.8 Å². The summed E-state index contributed by atoms with van der Waals surface area (Å²) in [7, 11) is 0. The van der Waals surface area contributed by atoms with Crippen LogP contribution in [0.4, 0.5) is 11.4 Å². The number of anilines is 2. The smallest absolute Gasteiger partial charge is 0.284 e. The first-order valence-corrected chi connectivity index (χ1v) is 9.23. The highest BCUT2D eigenvalue weighted by molar-refractivity contribution is 7.11. The lowest BCUT2D eigenvalue weighted by atomic mass is 10.1. The van der Waals surface area contributed by atoms with Crippen molar-refractivity contribution in [2.24, 2.45) is 0 Å². The molecule has 0 radical (unpaired) electrons. The zero-order chi connectivity index (χ0) is 18.2. The molecule has 0 atom stereocenters. The van der Waals surface area contributed by atoms with Crippen LogP contribution >= 0.6 is 11.3 Å². The van der Waals surface area contributed by atoms with E-state index in [1.807, 2.05) is 18.2 Å². The molecule has 1 heterocycles. The zero-order valence-corrected chi connectivity index (χ0v) is 15.0. The Labute approximate surface area is 156 Å². The minimum absolute atomic E-state index is 0.0377. The first-order chi connectivity index (χ1) is 12.7. The van der Waals surface area contributed by atoms with Gasteiger partial charge < -0.3 is 10.6 Å². The summed E-state index contributed by atoms with van der Waals surface area (Å²) in [5.74, 6) is -0.296. The molecule has 2 N–H and O–H groups in total. The lowest BCUT2D eigenvalue weighted by Crippen LogP contribution is -2.13. The summed E-state index contributed by atoms with van der Waals surface area (Å²) in [4.78, 5) is 28.1. The molecule has 5 nitrogen and oxygen atoms in total. The van der Waals surface area contributed by atoms with E-state index in [1.165, 1.54) is 16.9 Å². The Bertz CT molecular complexity index is 864. The van der Waals surface area contributed by atoms with Crippen molar-refractivity contribution in [1.29, 1.82) is 0 Å². The fraction of sp³-hybridized carbons (Fsp3) is 0.150. The van der Waals surface area contributed by atoms with Crippen molar-refractivity contribution in [3.05, 3.63) is 76.7 Å². The minimum atomic E-state index is -0.258. The second-order valence-corrected chi connectivity index (χ2v) is 6.65. The summed E-state index contributed by atoms with van der Waals surface area (Å²) in [6, 6.07) is 17.2. The van der Waals surface area contributed by atoms with E-state index < -0.39 is 0 Å². The number of benzene rings is 2. The van der Waals surface area contributed by atoms with E-state index in [-0.39, 0.29) is 11.8 Å². The SMILES string of the molecule is O=C(CCCc1ccccc1)Nc1cccc(NC(=O)c2nccs2)c1. The van der Waals surface area contributed by atoms with Gasteiger partial charge in [-0.15, -0.1) is 11.3 Å². The van der Waals surface area contributed by atoms with Gasteiger partial charge in [-0.3, -0.25) is 9.59 Å². The van der Waals surface area contributed by atoms with Crippen LogP contribution in [0.25, 0.3) is 0 Å². The van der Waals surface area contributed by atoms with Gasteiger partial charge in [0, 0.05) is 29.4 Å². The van der Waals surface area contributed by atoms with Crippen LogP contribution in [0.1, 0.15) is 28.2 Å². The van der Waals surface area contributed by atoms with Crippen molar-refractivity contribution in [3.63, 3.8) is 0 Å². The average molecular weight is 365 g/mol. The third kappa shape index (κ3) is 5.26.